The van der Waals surface area contributed by atoms with Crippen molar-refractivity contribution in [1.29, 1.82) is 0 Å². The van der Waals surface area contributed by atoms with Crippen LogP contribution in [-0.2, 0) is 39.8 Å². The van der Waals surface area contributed by atoms with Crippen LogP contribution < -0.4 is 16.0 Å². The summed E-state index contributed by atoms with van der Waals surface area (Å²) < 4.78 is 54.6. The highest BCUT2D eigenvalue weighted by Gasteiger charge is 2.42. The smallest absolute Gasteiger partial charge is 0.374 e. The number of hydrogen-bond donors (Lipinski definition) is 2. The Hall–Kier alpha value is -1.30. The topological polar surface area (TPSA) is 163 Å². The van der Waals surface area contributed by atoms with Gasteiger partial charge in [-0.15, -0.1) is 0 Å². The lowest BCUT2D eigenvalue weighted by Crippen LogP contribution is -2.47. The summed E-state index contributed by atoms with van der Waals surface area (Å²) in [5.41, 5.74) is 6.23. The first kappa shape index (κ1) is 44.7. The Morgan fingerprint density at radius 2 is 0.833 bits per heavy atom. The summed E-state index contributed by atoms with van der Waals surface area (Å²) in [7, 11) is -8.42. The summed E-state index contributed by atoms with van der Waals surface area (Å²) in [5.74, 6) is 1.03. The van der Waals surface area contributed by atoms with Crippen molar-refractivity contribution in [2.24, 2.45) is 0 Å². The second-order valence-electron chi connectivity index (χ2n) is 10.5. The van der Waals surface area contributed by atoms with Crippen molar-refractivity contribution < 1.29 is 39.8 Å². The van der Waals surface area contributed by atoms with Crippen LogP contribution in [0.1, 0.15) is 81.6 Å². The molecule has 0 radical (unpaired) electrons. The zero-order valence-electron chi connectivity index (χ0n) is 31.3. The van der Waals surface area contributed by atoms with Crippen molar-refractivity contribution >= 4 is 44.3 Å². The monoisotopic (exact) mass is 738 g/mol. The molecular weight excluding hydrogens is 673 g/mol. The summed E-state index contributed by atoms with van der Waals surface area (Å²) in [4.78, 5) is 15.8. The Morgan fingerprint density at radius 3 is 1.17 bits per heavy atom. The van der Waals surface area contributed by atoms with Crippen LogP contribution in [-0.4, -0.2) is 120 Å². The van der Waals surface area contributed by atoms with Crippen molar-refractivity contribution in [3.8, 4) is 0 Å². The third-order valence-electron chi connectivity index (χ3n) is 6.97. The quantitative estimate of drug-likeness (QED) is 0.0751. The molecule has 1 aromatic heterocycles. The Kier molecular flexibility index (Phi) is 23.9. The van der Waals surface area contributed by atoms with Gasteiger partial charge in [-0.1, -0.05) is 0 Å². The third kappa shape index (κ3) is 16.2. The molecule has 282 valence electrons. The lowest BCUT2D eigenvalue weighted by molar-refractivity contribution is 0.0701. The van der Waals surface area contributed by atoms with Gasteiger partial charge >= 0.3 is 26.4 Å². The van der Waals surface area contributed by atoms with Gasteiger partial charge in [0.25, 0.3) is 0 Å². The maximum Gasteiger partial charge on any atom is 0.500 e. The zero-order chi connectivity index (χ0) is 35.7. The molecular formula is C30H66N6O9Si3. The van der Waals surface area contributed by atoms with Crippen LogP contribution in [0.15, 0.2) is 0 Å². The molecule has 1 rings (SSSR count). The Labute approximate surface area is 293 Å². The fourth-order valence-electron chi connectivity index (χ4n) is 5.39. The molecule has 0 saturated heterocycles. The fraction of sp³-hybridized carbons (Fsp3) is 0.900. The molecule has 18 heteroatoms. The number of rotatable bonds is 32. The van der Waals surface area contributed by atoms with Crippen molar-refractivity contribution in [1.82, 2.24) is 15.0 Å². The number of anilines is 3. The molecule has 0 aromatic carbocycles. The number of nitrogens with one attached hydrogen (secondary N) is 1. The van der Waals surface area contributed by atoms with Crippen molar-refractivity contribution in [2.75, 3.05) is 95.0 Å². The van der Waals surface area contributed by atoms with Gasteiger partial charge in [0.1, 0.15) is 0 Å². The van der Waals surface area contributed by atoms with Gasteiger partial charge in [-0.2, -0.15) is 15.0 Å². The highest BCUT2D eigenvalue weighted by atomic mass is 28.4. The molecule has 0 atom stereocenters. The van der Waals surface area contributed by atoms with Crippen molar-refractivity contribution in [2.45, 2.75) is 99.7 Å². The van der Waals surface area contributed by atoms with Crippen LogP contribution in [0, 0.1) is 0 Å². The summed E-state index contributed by atoms with van der Waals surface area (Å²) in [6, 6.07) is 1.99. The Bertz CT molecular complexity index is 880. The van der Waals surface area contributed by atoms with Gasteiger partial charge in [-0.3, -0.25) is 0 Å². The van der Waals surface area contributed by atoms with E-state index in [4.69, 9.17) is 50.6 Å². The van der Waals surface area contributed by atoms with Crippen LogP contribution >= 0.6 is 0 Å². The van der Waals surface area contributed by atoms with Crippen LogP contribution in [0.3, 0.4) is 0 Å². The fourth-order valence-corrected chi connectivity index (χ4v) is 13.2. The predicted octanol–water partition coefficient (Wildman–Crippen LogP) is 4.99. The molecule has 1 heterocycles. The van der Waals surface area contributed by atoms with E-state index in [2.05, 4.69) is 20.2 Å². The summed E-state index contributed by atoms with van der Waals surface area (Å²) in [6.45, 7) is 24.3. The van der Waals surface area contributed by atoms with Gasteiger partial charge in [-0.05, 0) is 81.6 Å². The van der Waals surface area contributed by atoms with E-state index >= 15 is 0 Å². The minimum atomic E-state index is -2.83. The maximum atomic E-state index is 6.23. The van der Waals surface area contributed by atoms with Gasteiger partial charge in [0.2, 0.25) is 17.8 Å². The average Bonchev–Trinajstić information content (AvgIpc) is 3.03. The molecule has 0 bridgehead atoms. The number of nitrogens with zero attached hydrogens (tertiary/aromatic N) is 4. The second-order valence-corrected chi connectivity index (χ2v) is 18.7. The third-order valence-corrected chi connectivity index (χ3v) is 16.4. The number of nitrogen functional groups attached to an aromatic ring is 1. The Morgan fingerprint density at radius 1 is 0.500 bits per heavy atom. The molecule has 1 aromatic rings. The summed E-state index contributed by atoms with van der Waals surface area (Å²) in [6.07, 6.45) is 2.23. The molecule has 0 spiro atoms. The van der Waals surface area contributed by atoms with Gasteiger partial charge < -0.3 is 55.8 Å². The van der Waals surface area contributed by atoms with E-state index < -0.39 is 26.4 Å². The number of aromatic nitrogens is 3. The van der Waals surface area contributed by atoms with E-state index in [0.29, 0.717) is 109 Å². The van der Waals surface area contributed by atoms with E-state index in [1.54, 1.807) is 0 Å². The summed E-state index contributed by atoms with van der Waals surface area (Å²) >= 11 is 0. The lowest BCUT2D eigenvalue weighted by Gasteiger charge is -2.31. The zero-order valence-corrected chi connectivity index (χ0v) is 34.3. The standard InChI is InChI=1S/C30H66N6O9Si3/c1-10-37-46(38-11-2,39-12-3)25-19-22-32-29-33-28(31)34-30(35-29)36(23-20-26-47(40-13-4,41-14-5)42-15-6)24-21-27-48(43-16-7,44-17-8)45-18-9/h10-27H2,1-9H3,(H3,31,32,33,34,35). The van der Waals surface area contributed by atoms with Gasteiger partial charge in [0, 0.05) is 97.2 Å². The van der Waals surface area contributed by atoms with E-state index in [9.17, 15) is 0 Å². The first-order valence-corrected chi connectivity index (χ1v) is 23.7. The first-order chi connectivity index (χ1) is 23.2. The number of hydrogen-bond acceptors (Lipinski definition) is 15. The van der Waals surface area contributed by atoms with Crippen molar-refractivity contribution in [3.05, 3.63) is 0 Å². The molecule has 0 amide bonds. The highest BCUT2D eigenvalue weighted by Crippen LogP contribution is 2.23. The van der Waals surface area contributed by atoms with E-state index in [-0.39, 0.29) is 5.95 Å². The first-order valence-electron chi connectivity index (χ1n) is 17.9. The molecule has 0 aliphatic carbocycles. The molecule has 3 N–H and O–H groups in total. The molecule has 0 aliphatic heterocycles. The maximum absolute atomic E-state index is 6.23. The average molecular weight is 739 g/mol. The number of nitrogens with two attached hydrogens (primary N) is 1. The summed E-state index contributed by atoms with van der Waals surface area (Å²) in [5, 5.41) is 3.32. The molecule has 0 fully saturated rings. The SMILES string of the molecule is CCO[Si](CCCNc1nc(N)nc(N(CCC[Si](OCC)(OCC)OCC)CCC[Si](OCC)(OCC)OCC)n1)(OCC)OCC. The van der Waals surface area contributed by atoms with Crippen LogP contribution in [0.2, 0.25) is 18.1 Å². The van der Waals surface area contributed by atoms with Crippen LogP contribution in [0.5, 0.6) is 0 Å². The molecule has 48 heavy (non-hydrogen) atoms. The van der Waals surface area contributed by atoms with E-state index in [1.165, 1.54) is 0 Å². The normalized spacial score (nSPS) is 12.5. The minimum Gasteiger partial charge on any atom is -0.374 e. The van der Waals surface area contributed by atoms with Gasteiger partial charge in [0.15, 0.2) is 0 Å². The van der Waals surface area contributed by atoms with Crippen LogP contribution in [0.4, 0.5) is 17.8 Å². The molecule has 15 nitrogen and oxygen atoms in total. The molecule has 0 aliphatic rings. The van der Waals surface area contributed by atoms with E-state index in [0.717, 1.165) is 19.3 Å². The van der Waals surface area contributed by atoms with Crippen LogP contribution in [0.25, 0.3) is 0 Å². The Balaban J connectivity index is 3.20. The predicted molar refractivity (Wildman–Crippen MR) is 195 cm³/mol. The lowest BCUT2D eigenvalue weighted by atomic mass is 10.3. The van der Waals surface area contributed by atoms with E-state index in [1.807, 2.05) is 62.3 Å². The molecule has 0 unspecified atom stereocenters. The van der Waals surface area contributed by atoms with Crippen molar-refractivity contribution in [3.63, 3.8) is 0 Å². The minimum absolute atomic E-state index is 0.137. The van der Waals surface area contributed by atoms with Gasteiger partial charge in [-0.25, -0.2) is 0 Å². The highest BCUT2D eigenvalue weighted by molar-refractivity contribution is 6.61. The molecule has 0 saturated carbocycles. The largest absolute Gasteiger partial charge is 0.500 e. The second kappa shape index (κ2) is 25.6. The van der Waals surface area contributed by atoms with Gasteiger partial charge in [0.05, 0.1) is 0 Å².